The molecule has 16 heteroatoms. The van der Waals surface area contributed by atoms with Crippen LogP contribution in [0.5, 0.6) is 0 Å². The molecule has 2 atom stereocenters. The first-order chi connectivity index (χ1) is 14.3. The van der Waals surface area contributed by atoms with E-state index in [2.05, 4.69) is 15.0 Å². The lowest BCUT2D eigenvalue weighted by Crippen LogP contribution is -2.41. The minimum Gasteiger partial charge on any atom is -0.458 e. The second kappa shape index (κ2) is 8.27. The van der Waals surface area contributed by atoms with Gasteiger partial charge in [-0.15, -0.1) is 0 Å². The quantitative estimate of drug-likeness (QED) is 0.356. The van der Waals surface area contributed by atoms with Crippen molar-refractivity contribution in [2.45, 2.75) is 31.3 Å². The van der Waals surface area contributed by atoms with Crippen LogP contribution in [0.4, 0.5) is 5.82 Å². The zero-order chi connectivity index (χ0) is 23.0. The van der Waals surface area contributed by atoms with E-state index in [1.807, 2.05) is 0 Å². The van der Waals surface area contributed by atoms with Crippen molar-refractivity contribution >= 4 is 43.2 Å². The number of nitrogen functional groups attached to an aromatic ring is 1. The van der Waals surface area contributed by atoms with Gasteiger partial charge < -0.3 is 15.2 Å². The third-order valence-corrected chi connectivity index (χ3v) is 5.40. The number of fused-ring (bicyclic) bond motifs is 1. The second-order valence-corrected chi connectivity index (χ2v) is 10.3. The second-order valence-electron chi connectivity index (χ2n) is 7.06. The summed E-state index contributed by atoms with van der Waals surface area (Å²) in [5, 5.41) is 0. The molecule has 3 heterocycles. The van der Waals surface area contributed by atoms with Crippen LogP contribution in [0, 0.1) is 0 Å². The summed E-state index contributed by atoms with van der Waals surface area (Å²) in [7, 11) is -7.81. The van der Waals surface area contributed by atoms with Crippen molar-refractivity contribution in [1.29, 1.82) is 0 Å². The standard InChI is InChI=1S/C15H21N5O9S2/c1-9(21)28-10-4-15(5-26-30(2,22)23,6-27-31(3,24)25)29-14(10)20-8-19-11-12(16)17-7-18-13(11)20/h7-8,10,14H,4-6H2,1-3H3,(H2,16,17,18)/t10-,14-/m1/s1. The van der Waals surface area contributed by atoms with Gasteiger partial charge in [0.25, 0.3) is 20.2 Å². The molecule has 0 bridgehead atoms. The van der Waals surface area contributed by atoms with E-state index in [0.717, 1.165) is 12.5 Å². The molecule has 3 rings (SSSR count). The molecule has 2 N–H and O–H groups in total. The Balaban J connectivity index is 2.02. The van der Waals surface area contributed by atoms with E-state index in [1.165, 1.54) is 24.1 Å². The highest BCUT2D eigenvalue weighted by atomic mass is 32.2. The van der Waals surface area contributed by atoms with Gasteiger partial charge in [-0.1, -0.05) is 0 Å². The highest BCUT2D eigenvalue weighted by molar-refractivity contribution is 7.86. The smallest absolute Gasteiger partial charge is 0.303 e. The van der Waals surface area contributed by atoms with Crippen LogP contribution in [0.1, 0.15) is 19.6 Å². The van der Waals surface area contributed by atoms with Crippen LogP contribution in [0.25, 0.3) is 11.2 Å². The molecule has 172 valence electrons. The predicted molar refractivity (Wildman–Crippen MR) is 104 cm³/mol. The maximum Gasteiger partial charge on any atom is 0.303 e. The number of carbonyl (C=O) groups excluding carboxylic acids is 1. The number of anilines is 1. The normalized spacial score (nSPS) is 21.4. The molecule has 1 saturated heterocycles. The molecule has 0 amide bonds. The molecule has 0 radical (unpaired) electrons. The predicted octanol–water partition coefficient (Wildman–Crippen LogP) is -1.05. The topological polar surface area (TPSA) is 192 Å². The lowest BCUT2D eigenvalue weighted by Gasteiger charge is -2.27. The molecule has 2 aromatic heterocycles. The summed E-state index contributed by atoms with van der Waals surface area (Å²) >= 11 is 0. The van der Waals surface area contributed by atoms with E-state index in [-0.39, 0.29) is 23.4 Å². The van der Waals surface area contributed by atoms with Gasteiger partial charge in [-0.2, -0.15) is 16.8 Å². The summed E-state index contributed by atoms with van der Waals surface area (Å²) in [5.41, 5.74) is 4.74. The number of nitrogens with two attached hydrogens (primary N) is 1. The van der Waals surface area contributed by atoms with Gasteiger partial charge >= 0.3 is 5.97 Å². The molecule has 14 nitrogen and oxygen atoms in total. The van der Waals surface area contributed by atoms with Crippen LogP contribution in [-0.2, 0) is 42.9 Å². The minimum absolute atomic E-state index is 0.109. The Morgan fingerprint density at radius 2 is 1.81 bits per heavy atom. The lowest BCUT2D eigenvalue weighted by molar-refractivity contribution is -0.155. The van der Waals surface area contributed by atoms with Crippen molar-refractivity contribution in [3.05, 3.63) is 12.7 Å². The summed E-state index contributed by atoms with van der Waals surface area (Å²) in [5.74, 6) is -0.529. The molecule has 0 unspecified atom stereocenters. The van der Waals surface area contributed by atoms with Crippen LogP contribution in [-0.4, -0.2) is 79.8 Å². The van der Waals surface area contributed by atoms with Crippen LogP contribution in [0.2, 0.25) is 0 Å². The van der Waals surface area contributed by atoms with Gasteiger partial charge in [0.1, 0.15) is 23.5 Å². The van der Waals surface area contributed by atoms with Crippen molar-refractivity contribution < 1.29 is 39.5 Å². The van der Waals surface area contributed by atoms with E-state index in [4.69, 9.17) is 23.6 Å². The van der Waals surface area contributed by atoms with E-state index >= 15 is 0 Å². The maximum absolute atomic E-state index is 11.7. The Kier molecular flexibility index (Phi) is 6.21. The molecule has 1 aliphatic heterocycles. The Labute approximate surface area is 177 Å². The van der Waals surface area contributed by atoms with Gasteiger partial charge in [0.05, 0.1) is 32.1 Å². The highest BCUT2D eigenvalue weighted by Gasteiger charge is 2.51. The molecular formula is C15H21N5O9S2. The first-order valence-electron chi connectivity index (χ1n) is 8.75. The van der Waals surface area contributed by atoms with Crippen molar-refractivity contribution in [2.24, 2.45) is 0 Å². The Hall–Kier alpha value is -2.40. The first kappa shape index (κ1) is 23.3. The third kappa shape index (κ3) is 5.65. The molecule has 1 aliphatic rings. The van der Waals surface area contributed by atoms with E-state index < -0.39 is 57.4 Å². The number of imidazole rings is 1. The van der Waals surface area contributed by atoms with Crippen LogP contribution in [0.3, 0.4) is 0 Å². The fourth-order valence-electron chi connectivity index (χ4n) is 3.11. The number of hydrogen-bond acceptors (Lipinski definition) is 13. The van der Waals surface area contributed by atoms with Crippen LogP contribution in [0.15, 0.2) is 12.7 Å². The summed E-state index contributed by atoms with van der Waals surface area (Å²) in [6.07, 6.45) is 2.03. The Bertz CT molecular complexity index is 1160. The van der Waals surface area contributed by atoms with Gasteiger partial charge in [-0.3, -0.25) is 17.7 Å². The van der Waals surface area contributed by atoms with Crippen molar-refractivity contribution in [3.8, 4) is 0 Å². The minimum atomic E-state index is -3.90. The van der Waals surface area contributed by atoms with Gasteiger partial charge in [0.15, 0.2) is 17.7 Å². The van der Waals surface area contributed by atoms with Gasteiger partial charge in [0.2, 0.25) is 0 Å². The van der Waals surface area contributed by atoms with E-state index in [1.54, 1.807) is 0 Å². The molecule has 0 saturated carbocycles. The number of aromatic nitrogens is 4. The summed E-state index contributed by atoms with van der Waals surface area (Å²) in [6, 6.07) is 0. The number of nitrogens with zero attached hydrogens (tertiary/aromatic N) is 4. The summed E-state index contributed by atoms with van der Waals surface area (Å²) in [6.45, 7) is 0.0159. The summed E-state index contributed by atoms with van der Waals surface area (Å²) < 4.78 is 68.7. The van der Waals surface area contributed by atoms with Gasteiger partial charge in [0, 0.05) is 13.3 Å². The highest BCUT2D eigenvalue weighted by Crippen LogP contribution is 2.41. The van der Waals surface area contributed by atoms with Crippen LogP contribution >= 0.6 is 0 Å². The number of ether oxygens (including phenoxy) is 2. The number of rotatable bonds is 8. The van der Waals surface area contributed by atoms with Crippen molar-refractivity contribution in [1.82, 2.24) is 19.5 Å². The van der Waals surface area contributed by atoms with Crippen LogP contribution < -0.4 is 5.73 Å². The number of carbonyl (C=O) groups is 1. The first-order valence-corrected chi connectivity index (χ1v) is 12.4. The third-order valence-electron chi connectivity index (χ3n) is 4.31. The Morgan fingerprint density at radius 1 is 1.19 bits per heavy atom. The SMILES string of the molecule is CC(=O)O[C@@H]1CC(COS(C)(=O)=O)(COS(C)(=O)=O)O[C@H]1n1cnc2c(N)ncnc21. The average Bonchev–Trinajstić information content (AvgIpc) is 3.20. The number of esters is 1. The lowest BCUT2D eigenvalue weighted by atomic mass is 10.0. The molecule has 0 aliphatic carbocycles. The zero-order valence-electron chi connectivity index (χ0n) is 16.8. The largest absolute Gasteiger partial charge is 0.458 e. The number of hydrogen-bond donors (Lipinski definition) is 1. The van der Waals surface area contributed by atoms with Gasteiger partial charge in [-0.25, -0.2) is 15.0 Å². The van der Waals surface area contributed by atoms with E-state index in [0.29, 0.717) is 0 Å². The monoisotopic (exact) mass is 479 g/mol. The van der Waals surface area contributed by atoms with E-state index in [9.17, 15) is 21.6 Å². The maximum atomic E-state index is 11.7. The average molecular weight is 479 g/mol. The molecule has 31 heavy (non-hydrogen) atoms. The van der Waals surface area contributed by atoms with Crippen molar-refractivity contribution in [3.63, 3.8) is 0 Å². The zero-order valence-corrected chi connectivity index (χ0v) is 18.4. The Morgan fingerprint density at radius 3 is 2.35 bits per heavy atom. The molecular weight excluding hydrogens is 458 g/mol. The molecule has 1 fully saturated rings. The molecule has 2 aromatic rings. The molecule has 0 spiro atoms. The molecule has 0 aromatic carbocycles. The van der Waals surface area contributed by atoms with Crippen molar-refractivity contribution in [2.75, 3.05) is 31.5 Å². The fraction of sp³-hybridized carbons (Fsp3) is 0.600. The van der Waals surface area contributed by atoms with Gasteiger partial charge in [-0.05, 0) is 0 Å². The summed E-state index contributed by atoms with van der Waals surface area (Å²) in [4.78, 5) is 23.8. The fourth-order valence-corrected chi connectivity index (χ4v) is 3.97.